The van der Waals surface area contributed by atoms with Gasteiger partial charge in [0.05, 0.1) is 17.2 Å². The average Bonchev–Trinajstić information content (AvgIpc) is 3.08. The fourth-order valence-electron chi connectivity index (χ4n) is 2.64. The Hall–Kier alpha value is -2.94. The van der Waals surface area contributed by atoms with Crippen LogP contribution in [0.1, 0.15) is 41.6 Å². The number of hydrogen-bond acceptors (Lipinski definition) is 5. The molecule has 1 aromatic carbocycles. The van der Waals surface area contributed by atoms with Crippen LogP contribution in [0, 0.1) is 11.3 Å². The molecule has 0 atom stereocenters. The van der Waals surface area contributed by atoms with Crippen molar-refractivity contribution in [3.63, 3.8) is 0 Å². The third-order valence-corrected chi connectivity index (χ3v) is 3.85. The van der Waals surface area contributed by atoms with Crippen molar-refractivity contribution >= 4 is 17.5 Å². The van der Waals surface area contributed by atoms with Gasteiger partial charge >= 0.3 is 0 Å². The van der Waals surface area contributed by atoms with E-state index >= 15 is 0 Å². The molecular formula is C17H17N5O. The van der Waals surface area contributed by atoms with E-state index in [1.54, 1.807) is 24.3 Å². The van der Waals surface area contributed by atoms with E-state index in [1.165, 1.54) is 25.2 Å². The lowest BCUT2D eigenvalue weighted by atomic mass is 10.2. The van der Waals surface area contributed by atoms with E-state index in [2.05, 4.69) is 20.6 Å². The van der Waals surface area contributed by atoms with Gasteiger partial charge in [0.25, 0.3) is 5.91 Å². The van der Waals surface area contributed by atoms with Crippen molar-refractivity contribution in [3.8, 4) is 6.07 Å². The molecule has 6 heteroatoms. The lowest BCUT2D eigenvalue weighted by Gasteiger charge is -2.11. The van der Waals surface area contributed by atoms with Crippen molar-refractivity contribution in [2.24, 2.45) is 0 Å². The van der Waals surface area contributed by atoms with Crippen LogP contribution in [0.25, 0.3) is 0 Å². The maximum atomic E-state index is 12.2. The second-order valence-electron chi connectivity index (χ2n) is 5.57. The molecule has 3 rings (SSSR count). The van der Waals surface area contributed by atoms with Gasteiger partial charge in [-0.15, -0.1) is 0 Å². The number of carbonyl (C=O) groups excluding carboxylic acids is 1. The number of amides is 1. The minimum absolute atomic E-state index is 0.299. The smallest absolute Gasteiger partial charge is 0.258 e. The minimum Gasteiger partial charge on any atom is -0.351 e. The van der Waals surface area contributed by atoms with Crippen molar-refractivity contribution < 1.29 is 4.79 Å². The second-order valence-corrected chi connectivity index (χ2v) is 5.57. The topological polar surface area (TPSA) is 90.7 Å². The van der Waals surface area contributed by atoms with Crippen LogP contribution in [0.2, 0.25) is 0 Å². The van der Waals surface area contributed by atoms with Crippen LogP contribution in [0.15, 0.2) is 36.7 Å². The van der Waals surface area contributed by atoms with Gasteiger partial charge in [-0.1, -0.05) is 18.9 Å². The van der Waals surface area contributed by atoms with Crippen LogP contribution in [-0.2, 0) is 0 Å². The molecule has 1 aliphatic rings. The highest BCUT2D eigenvalue weighted by atomic mass is 16.1. The summed E-state index contributed by atoms with van der Waals surface area (Å²) in [6.07, 6.45) is 7.77. The van der Waals surface area contributed by atoms with Gasteiger partial charge in [-0.05, 0) is 31.0 Å². The van der Waals surface area contributed by atoms with Crippen molar-refractivity contribution in [1.82, 2.24) is 9.97 Å². The summed E-state index contributed by atoms with van der Waals surface area (Å²) in [5.74, 6) is 0.257. The normalized spacial score (nSPS) is 14.2. The van der Waals surface area contributed by atoms with Crippen LogP contribution in [0.5, 0.6) is 0 Å². The zero-order valence-corrected chi connectivity index (χ0v) is 12.6. The van der Waals surface area contributed by atoms with Crippen molar-refractivity contribution in [2.75, 3.05) is 10.6 Å². The maximum absolute atomic E-state index is 12.2. The summed E-state index contributed by atoms with van der Waals surface area (Å²) >= 11 is 0. The van der Waals surface area contributed by atoms with E-state index in [0.717, 1.165) is 12.8 Å². The largest absolute Gasteiger partial charge is 0.351 e. The van der Waals surface area contributed by atoms with Gasteiger partial charge in [0.1, 0.15) is 0 Å². The molecule has 116 valence electrons. The number of nitrogens with zero attached hydrogens (tertiary/aromatic N) is 3. The molecule has 0 spiro atoms. The van der Waals surface area contributed by atoms with Crippen LogP contribution in [0.4, 0.5) is 11.6 Å². The summed E-state index contributed by atoms with van der Waals surface area (Å²) < 4.78 is 0. The molecule has 2 aromatic rings. The number of aromatic nitrogens is 2. The first kappa shape index (κ1) is 15.0. The SMILES string of the molecule is N#Cc1cccc(NC(=O)c2cnc(NC3CCCC3)nc2)c1. The molecule has 1 fully saturated rings. The Balaban J connectivity index is 1.64. The molecule has 0 aliphatic heterocycles. The Bertz CT molecular complexity index is 729. The molecule has 1 amide bonds. The Kier molecular flexibility index (Phi) is 4.48. The molecule has 23 heavy (non-hydrogen) atoms. The van der Waals surface area contributed by atoms with Gasteiger partial charge in [0.2, 0.25) is 5.95 Å². The van der Waals surface area contributed by atoms with E-state index in [0.29, 0.717) is 28.8 Å². The number of carbonyl (C=O) groups is 1. The first-order chi connectivity index (χ1) is 11.2. The standard InChI is InChI=1S/C17H17N5O/c18-9-12-4-3-7-15(8-12)21-16(23)13-10-19-17(20-11-13)22-14-5-1-2-6-14/h3-4,7-8,10-11,14H,1-2,5-6H2,(H,21,23)(H,19,20,22). The van der Waals surface area contributed by atoms with Crippen LogP contribution >= 0.6 is 0 Å². The van der Waals surface area contributed by atoms with Gasteiger partial charge in [0.15, 0.2) is 0 Å². The summed E-state index contributed by atoms with van der Waals surface area (Å²) in [5, 5.41) is 14.9. The number of nitriles is 1. The van der Waals surface area contributed by atoms with Gasteiger partial charge in [-0.25, -0.2) is 9.97 Å². The number of anilines is 2. The highest BCUT2D eigenvalue weighted by molar-refractivity contribution is 6.03. The van der Waals surface area contributed by atoms with E-state index in [1.807, 2.05) is 6.07 Å². The van der Waals surface area contributed by atoms with Crippen molar-refractivity contribution in [3.05, 3.63) is 47.8 Å². The predicted octanol–water partition coefficient (Wildman–Crippen LogP) is 2.96. The van der Waals surface area contributed by atoms with Crippen molar-refractivity contribution in [2.45, 2.75) is 31.7 Å². The molecule has 1 aliphatic carbocycles. The zero-order chi connectivity index (χ0) is 16.1. The number of hydrogen-bond donors (Lipinski definition) is 2. The second kappa shape index (κ2) is 6.88. The van der Waals surface area contributed by atoms with Crippen LogP contribution in [0.3, 0.4) is 0 Å². The van der Waals surface area contributed by atoms with E-state index in [4.69, 9.17) is 5.26 Å². The fraction of sp³-hybridized carbons (Fsp3) is 0.294. The van der Waals surface area contributed by atoms with E-state index < -0.39 is 0 Å². The quantitative estimate of drug-likeness (QED) is 0.906. The zero-order valence-electron chi connectivity index (χ0n) is 12.6. The monoisotopic (exact) mass is 307 g/mol. The van der Waals surface area contributed by atoms with Gasteiger partial charge in [-0.2, -0.15) is 5.26 Å². The predicted molar refractivity (Wildman–Crippen MR) is 87.0 cm³/mol. The van der Waals surface area contributed by atoms with Gasteiger partial charge in [0, 0.05) is 24.1 Å². The van der Waals surface area contributed by atoms with Crippen LogP contribution in [-0.4, -0.2) is 21.9 Å². The minimum atomic E-state index is -0.299. The molecule has 1 heterocycles. The molecule has 0 radical (unpaired) electrons. The molecule has 2 N–H and O–H groups in total. The lowest BCUT2D eigenvalue weighted by Crippen LogP contribution is -2.18. The Morgan fingerprint density at radius 3 is 2.65 bits per heavy atom. The average molecular weight is 307 g/mol. The fourth-order valence-corrected chi connectivity index (χ4v) is 2.64. The summed E-state index contributed by atoms with van der Waals surface area (Å²) in [7, 11) is 0. The molecule has 0 unspecified atom stereocenters. The Morgan fingerprint density at radius 2 is 1.96 bits per heavy atom. The van der Waals surface area contributed by atoms with E-state index in [9.17, 15) is 4.79 Å². The Labute approximate surface area is 134 Å². The summed E-state index contributed by atoms with van der Waals surface area (Å²) in [5.41, 5.74) is 1.45. The molecule has 0 saturated heterocycles. The van der Waals surface area contributed by atoms with Gasteiger partial charge in [-0.3, -0.25) is 4.79 Å². The molecule has 6 nitrogen and oxygen atoms in total. The molecule has 1 aromatic heterocycles. The van der Waals surface area contributed by atoms with Gasteiger partial charge < -0.3 is 10.6 Å². The number of nitrogens with one attached hydrogen (secondary N) is 2. The highest BCUT2D eigenvalue weighted by Gasteiger charge is 2.16. The third kappa shape index (κ3) is 3.83. The highest BCUT2D eigenvalue weighted by Crippen LogP contribution is 2.20. The van der Waals surface area contributed by atoms with Crippen molar-refractivity contribution in [1.29, 1.82) is 5.26 Å². The summed E-state index contributed by atoms with van der Waals surface area (Å²) in [4.78, 5) is 20.6. The Morgan fingerprint density at radius 1 is 1.22 bits per heavy atom. The maximum Gasteiger partial charge on any atom is 0.258 e. The molecular weight excluding hydrogens is 290 g/mol. The van der Waals surface area contributed by atoms with E-state index in [-0.39, 0.29) is 5.91 Å². The first-order valence-corrected chi connectivity index (χ1v) is 7.65. The van der Waals surface area contributed by atoms with Crippen LogP contribution < -0.4 is 10.6 Å². The number of rotatable bonds is 4. The summed E-state index contributed by atoms with van der Waals surface area (Å²) in [6.45, 7) is 0. The summed E-state index contributed by atoms with van der Waals surface area (Å²) in [6, 6.07) is 9.23. The lowest BCUT2D eigenvalue weighted by molar-refractivity contribution is 0.102. The number of benzene rings is 1. The molecule has 0 bridgehead atoms. The molecule has 1 saturated carbocycles. The first-order valence-electron chi connectivity index (χ1n) is 7.65. The third-order valence-electron chi connectivity index (χ3n) is 3.85.